The maximum atomic E-state index is 11.6. The van der Waals surface area contributed by atoms with E-state index in [1.807, 2.05) is 24.3 Å². The molecule has 1 amide bonds. The van der Waals surface area contributed by atoms with E-state index in [0.717, 1.165) is 27.3 Å². The summed E-state index contributed by atoms with van der Waals surface area (Å²) in [6.07, 6.45) is 1.31. The van der Waals surface area contributed by atoms with E-state index in [1.54, 1.807) is 11.8 Å². The number of hydrogen-bond donors (Lipinski definition) is 1. The van der Waals surface area contributed by atoms with Crippen LogP contribution in [0.15, 0.2) is 38.8 Å². The summed E-state index contributed by atoms with van der Waals surface area (Å²) in [5, 5.41) is 6.69. The molecule has 0 unspecified atom stereocenters. The van der Waals surface area contributed by atoms with Gasteiger partial charge in [0.2, 0.25) is 5.91 Å². The second-order valence-electron chi connectivity index (χ2n) is 4.05. The minimum atomic E-state index is 0.0501. The smallest absolute Gasteiger partial charge is 0.221 e. The number of benzene rings is 1. The Morgan fingerprint density at radius 3 is 3.05 bits per heavy atom. The third kappa shape index (κ3) is 4.87. The highest BCUT2D eigenvalue weighted by molar-refractivity contribution is 9.10. The van der Waals surface area contributed by atoms with E-state index in [4.69, 9.17) is 4.84 Å². The van der Waals surface area contributed by atoms with Crippen molar-refractivity contribution < 1.29 is 9.63 Å². The maximum Gasteiger partial charge on any atom is 0.221 e. The molecule has 102 valence electrons. The number of halogens is 1. The van der Waals surface area contributed by atoms with Gasteiger partial charge in [0.1, 0.15) is 6.61 Å². The van der Waals surface area contributed by atoms with E-state index in [1.165, 1.54) is 0 Å². The Balaban J connectivity index is 1.65. The second kappa shape index (κ2) is 7.55. The Hall–Kier alpha value is -1.01. The lowest BCUT2D eigenvalue weighted by Crippen LogP contribution is -2.29. The Bertz CT molecular complexity index is 479. The first kappa shape index (κ1) is 14.4. The number of nitrogens with zero attached hydrogens (tertiary/aromatic N) is 1. The van der Waals surface area contributed by atoms with Crippen LogP contribution in [0.1, 0.15) is 12.8 Å². The Labute approximate surface area is 125 Å². The van der Waals surface area contributed by atoms with Crippen LogP contribution in [-0.2, 0) is 9.63 Å². The predicted molar refractivity (Wildman–Crippen MR) is 80.5 cm³/mol. The summed E-state index contributed by atoms with van der Waals surface area (Å²) in [6.45, 7) is 1.13. The van der Waals surface area contributed by atoms with Gasteiger partial charge < -0.3 is 10.2 Å². The van der Waals surface area contributed by atoms with Gasteiger partial charge in [-0.25, -0.2) is 0 Å². The van der Waals surface area contributed by atoms with E-state index in [-0.39, 0.29) is 5.91 Å². The molecule has 6 heteroatoms. The highest BCUT2D eigenvalue weighted by atomic mass is 79.9. The molecule has 0 radical (unpaired) electrons. The van der Waals surface area contributed by atoms with Gasteiger partial charge in [0.15, 0.2) is 0 Å². The van der Waals surface area contributed by atoms with Crippen LogP contribution in [0.2, 0.25) is 0 Å². The molecule has 1 aliphatic heterocycles. The van der Waals surface area contributed by atoms with E-state index < -0.39 is 0 Å². The first-order chi connectivity index (χ1) is 9.25. The van der Waals surface area contributed by atoms with Crippen molar-refractivity contribution in [3.8, 4) is 0 Å². The van der Waals surface area contributed by atoms with Crippen LogP contribution in [0.3, 0.4) is 0 Å². The standard InChI is InChI=1S/C13H15BrN2O2S/c14-11-3-1-2-4-12(11)19-8-6-13(17)15-9-10-5-7-18-16-10/h1-4H,5-9H2,(H,15,17). The van der Waals surface area contributed by atoms with Crippen LogP contribution in [0.4, 0.5) is 0 Å². The van der Waals surface area contributed by atoms with Crippen LogP contribution < -0.4 is 5.32 Å². The molecule has 0 saturated heterocycles. The molecule has 2 rings (SSSR count). The highest BCUT2D eigenvalue weighted by Gasteiger charge is 2.09. The lowest BCUT2D eigenvalue weighted by Gasteiger charge is -2.05. The summed E-state index contributed by atoms with van der Waals surface area (Å²) >= 11 is 5.16. The SMILES string of the molecule is O=C(CCSc1ccccc1Br)NCC1=NOCC1. The first-order valence-corrected chi connectivity index (χ1v) is 7.85. The number of rotatable bonds is 6. The van der Waals surface area contributed by atoms with Crippen molar-refractivity contribution in [1.29, 1.82) is 0 Å². The van der Waals surface area contributed by atoms with Crippen molar-refractivity contribution in [2.45, 2.75) is 17.7 Å². The lowest BCUT2D eigenvalue weighted by atomic mass is 10.3. The van der Waals surface area contributed by atoms with Gasteiger partial charge in [0.05, 0.1) is 12.3 Å². The normalized spacial score (nSPS) is 13.8. The van der Waals surface area contributed by atoms with Crippen LogP contribution in [0.5, 0.6) is 0 Å². The molecular weight excluding hydrogens is 328 g/mol. The van der Waals surface area contributed by atoms with Gasteiger partial charge in [-0.05, 0) is 28.1 Å². The number of hydrogen-bond acceptors (Lipinski definition) is 4. The average molecular weight is 343 g/mol. The minimum Gasteiger partial charge on any atom is -0.395 e. The van der Waals surface area contributed by atoms with Crippen LogP contribution >= 0.6 is 27.7 Å². The van der Waals surface area contributed by atoms with Gasteiger partial charge in [-0.1, -0.05) is 17.3 Å². The number of thioether (sulfide) groups is 1. The lowest BCUT2D eigenvalue weighted by molar-refractivity contribution is -0.120. The van der Waals surface area contributed by atoms with Crippen molar-refractivity contribution in [3.05, 3.63) is 28.7 Å². The summed E-state index contributed by atoms with van der Waals surface area (Å²) in [6, 6.07) is 8.01. The van der Waals surface area contributed by atoms with Crippen LogP contribution in [0.25, 0.3) is 0 Å². The number of nitrogens with one attached hydrogen (secondary N) is 1. The number of oxime groups is 1. The van der Waals surface area contributed by atoms with Gasteiger partial charge in [-0.15, -0.1) is 11.8 Å². The Morgan fingerprint density at radius 2 is 2.32 bits per heavy atom. The van der Waals surface area contributed by atoms with Gasteiger partial charge >= 0.3 is 0 Å². The van der Waals surface area contributed by atoms with Crippen molar-refractivity contribution >= 4 is 39.3 Å². The molecule has 0 fully saturated rings. The zero-order valence-corrected chi connectivity index (χ0v) is 12.8. The summed E-state index contributed by atoms with van der Waals surface area (Å²) < 4.78 is 1.07. The number of carbonyl (C=O) groups is 1. The molecule has 1 aromatic rings. The molecule has 4 nitrogen and oxygen atoms in total. The molecule has 0 atom stereocenters. The molecular formula is C13H15BrN2O2S. The molecule has 1 aliphatic rings. The summed E-state index contributed by atoms with van der Waals surface area (Å²) in [4.78, 5) is 17.7. The van der Waals surface area contributed by atoms with E-state index >= 15 is 0 Å². The van der Waals surface area contributed by atoms with Crippen molar-refractivity contribution in [2.75, 3.05) is 18.9 Å². The van der Waals surface area contributed by atoms with E-state index in [9.17, 15) is 4.79 Å². The molecule has 0 spiro atoms. The maximum absolute atomic E-state index is 11.6. The predicted octanol–water partition coefficient (Wildman–Crippen LogP) is 2.82. The summed E-state index contributed by atoms with van der Waals surface area (Å²) in [5.74, 6) is 0.811. The molecule has 1 aromatic carbocycles. The molecule has 0 aliphatic carbocycles. The fourth-order valence-corrected chi connectivity index (χ4v) is 3.09. The zero-order valence-electron chi connectivity index (χ0n) is 10.4. The average Bonchev–Trinajstić information content (AvgIpc) is 2.92. The molecule has 1 N–H and O–H groups in total. The third-order valence-corrected chi connectivity index (χ3v) is 4.62. The molecule has 1 heterocycles. The highest BCUT2D eigenvalue weighted by Crippen LogP contribution is 2.27. The van der Waals surface area contributed by atoms with E-state index in [2.05, 4.69) is 26.4 Å². The van der Waals surface area contributed by atoms with E-state index in [0.29, 0.717) is 19.6 Å². The van der Waals surface area contributed by atoms with Crippen LogP contribution in [-0.4, -0.2) is 30.5 Å². The van der Waals surface area contributed by atoms with Crippen molar-refractivity contribution in [3.63, 3.8) is 0 Å². The molecule has 0 bridgehead atoms. The molecule has 0 aromatic heterocycles. The summed E-state index contributed by atoms with van der Waals surface area (Å²) in [7, 11) is 0. The fraction of sp³-hybridized carbons (Fsp3) is 0.385. The first-order valence-electron chi connectivity index (χ1n) is 6.07. The Kier molecular flexibility index (Phi) is 5.72. The van der Waals surface area contributed by atoms with Crippen molar-refractivity contribution in [1.82, 2.24) is 5.32 Å². The number of carbonyl (C=O) groups excluding carboxylic acids is 1. The molecule has 19 heavy (non-hydrogen) atoms. The van der Waals surface area contributed by atoms with Gasteiger partial charge in [-0.2, -0.15) is 0 Å². The van der Waals surface area contributed by atoms with Gasteiger partial charge in [-0.3, -0.25) is 4.79 Å². The van der Waals surface area contributed by atoms with Crippen LogP contribution in [0, 0.1) is 0 Å². The minimum absolute atomic E-state index is 0.0501. The zero-order chi connectivity index (χ0) is 13.5. The van der Waals surface area contributed by atoms with Gasteiger partial charge in [0.25, 0.3) is 0 Å². The second-order valence-corrected chi connectivity index (χ2v) is 6.04. The topological polar surface area (TPSA) is 50.7 Å². The van der Waals surface area contributed by atoms with Crippen molar-refractivity contribution in [2.24, 2.45) is 5.16 Å². The summed E-state index contributed by atoms with van der Waals surface area (Å²) in [5.41, 5.74) is 0.909. The third-order valence-electron chi connectivity index (χ3n) is 2.59. The monoisotopic (exact) mass is 342 g/mol. The van der Waals surface area contributed by atoms with Gasteiger partial charge in [0, 0.05) is 28.0 Å². The largest absolute Gasteiger partial charge is 0.395 e. The fourth-order valence-electron chi connectivity index (χ4n) is 1.57. The Morgan fingerprint density at radius 1 is 1.47 bits per heavy atom. The molecule has 0 saturated carbocycles. The number of amides is 1. The quantitative estimate of drug-likeness (QED) is 0.808.